The van der Waals surface area contributed by atoms with Gasteiger partial charge in [0.2, 0.25) is 15.9 Å². The summed E-state index contributed by atoms with van der Waals surface area (Å²) >= 11 is 0. The Kier molecular flexibility index (Phi) is 7.98. The number of hydrogen-bond acceptors (Lipinski definition) is 4. The molecule has 0 spiro atoms. The van der Waals surface area contributed by atoms with Crippen molar-refractivity contribution < 1.29 is 13.2 Å². The van der Waals surface area contributed by atoms with Crippen LogP contribution in [0.25, 0.3) is 0 Å². The number of rotatable bonds is 6. The summed E-state index contributed by atoms with van der Waals surface area (Å²) in [5.74, 6) is -0.364. The number of sulfonamides is 1. The molecule has 8 heteroatoms. The third kappa shape index (κ3) is 8.37. The second-order valence-corrected chi connectivity index (χ2v) is 6.79. The second-order valence-electron chi connectivity index (χ2n) is 4.42. The van der Waals surface area contributed by atoms with Crippen LogP contribution in [0.3, 0.4) is 0 Å². The number of hydrogen-bond donors (Lipinski definition) is 2. The lowest BCUT2D eigenvalue weighted by molar-refractivity contribution is -0.121. The number of amides is 1. The lowest BCUT2D eigenvalue weighted by Gasteiger charge is -2.20. The number of nitrogens with one attached hydrogen (secondary N) is 1. The van der Waals surface area contributed by atoms with E-state index in [2.05, 4.69) is 5.32 Å². The molecule has 0 aliphatic rings. The van der Waals surface area contributed by atoms with Crippen LogP contribution in [-0.4, -0.2) is 50.1 Å². The Hall–Kier alpha value is -0.370. The molecule has 0 aromatic carbocycles. The molecular weight excluding hydrogens is 266 g/mol. The van der Waals surface area contributed by atoms with E-state index in [1.165, 1.54) is 14.0 Å². The lowest BCUT2D eigenvalue weighted by Crippen LogP contribution is -2.47. The van der Waals surface area contributed by atoms with Crippen LogP contribution in [0.5, 0.6) is 0 Å². The van der Waals surface area contributed by atoms with E-state index >= 15 is 0 Å². The molecule has 0 atom stereocenters. The Balaban J connectivity index is 0. The van der Waals surface area contributed by atoms with Gasteiger partial charge in [-0.3, -0.25) is 4.79 Å². The molecule has 1 amide bonds. The zero-order chi connectivity index (χ0) is 13.0. The Morgan fingerprint density at radius 2 is 1.88 bits per heavy atom. The van der Waals surface area contributed by atoms with Gasteiger partial charge in [0, 0.05) is 19.1 Å². The van der Waals surface area contributed by atoms with E-state index in [1.54, 1.807) is 13.8 Å². The van der Waals surface area contributed by atoms with Gasteiger partial charge in [-0.1, -0.05) is 0 Å². The van der Waals surface area contributed by atoms with Gasteiger partial charge >= 0.3 is 0 Å². The van der Waals surface area contributed by atoms with Crippen LogP contribution >= 0.6 is 12.4 Å². The van der Waals surface area contributed by atoms with Gasteiger partial charge < -0.3 is 11.1 Å². The zero-order valence-electron chi connectivity index (χ0n) is 10.7. The average molecular weight is 288 g/mol. The van der Waals surface area contributed by atoms with Crippen LogP contribution in [0.1, 0.15) is 20.8 Å². The maximum Gasteiger partial charge on any atom is 0.235 e. The van der Waals surface area contributed by atoms with E-state index in [0.29, 0.717) is 6.54 Å². The van der Waals surface area contributed by atoms with E-state index in [1.807, 2.05) is 0 Å². The van der Waals surface area contributed by atoms with Gasteiger partial charge in [-0.15, -0.1) is 12.4 Å². The number of likely N-dealkylation sites (N-methyl/N-ethyl adjacent to an activating group) is 1. The highest BCUT2D eigenvalue weighted by molar-refractivity contribution is 7.89. The molecule has 0 radical (unpaired) electrons. The summed E-state index contributed by atoms with van der Waals surface area (Å²) < 4.78 is 23.7. The van der Waals surface area contributed by atoms with Gasteiger partial charge in [-0.2, -0.15) is 4.31 Å². The minimum atomic E-state index is -3.31. The van der Waals surface area contributed by atoms with Gasteiger partial charge in [-0.25, -0.2) is 8.42 Å². The first-order valence-corrected chi connectivity index (χ1v) is 6.69. The predicted octanol–water partition coefficient (Wildman–Crippen LogP) is -0.457. The van der Waals surface area contributed by atoms with Gasteiger partial charge in [-0.05, 0) is 20.8 Å². The fourth-order valence-corrected chi connectivity index (χ4v) is 1.66. The van der Waals surface area contributed by atoms with Crippen molar-refractivity contribution >= 4 is 28.3 Å². The van der Waals surface area contributed by atoms with Gasteiger partial charge in [0.1, 0.15) is 0 Å². The molecule has 104 valence electrons. The minimum Gasteiger partial charge on any atom is -0.353 e. The van der Waals surface area contributed by atoms with Crippen molar-refractivity contribution in [3.05, 3.63) is 0 Å². The van der Waals surface area contributed by atoms with Crippen molar-refractivity contribution in [2.45, 2.75) is 26.3 Å². The smallest absolute Gasteiger partial charge is 0.235 e. The molecule has 0 saturated heterocycles. The average Bonchev–Trinajstić information content (AvgIpc) is 2.13. The summed E-state index contributed by atoms with van der Waals surface area (Å²) in [7, 11) is -1.92. The zero-order valence-corrected chi connectivity index (χ0v) is 12.3. The minimum absolute atomic E-state index is 0. The maximum absolute atomic E-state index is 11.4. The summed E-state index contributed by atoms with van der Waals surface area (Å²) in [5, 5.41) is 2.58. The van der Waals surface area contributed by atoms with Crippen LogP contribution in [0.4, 0.5) is 0 Å². The Morgan fingerprint density at radius 1 is 1.41 bits per heavy atom. The summed E-state index contributed by atoms with van der Waals surface area (Å²) in [4.78, 5) is 11.4. The quantitative estimate of drug-likeness (QED) is 0.692. The molecule has 0 aromatic rings. The monoisotopic (exact) mass is 287 g/mol. The molecule has 0 bridgehead atoms. The Labute approximate surface area is 109 Å². The maximum atomic E-state index is 11.4. The van der Waals surface area contributed by atoms with E-state index in [4.69, 9.17) is 5.73 Å². The molecule has 0 saturated carbocycles. The van der Waals surface area contributed by atoms with Crippen LogP contribution in [0.15, 0.2) is 0 Å². The van der Waals surface area contributed by atoms with Crippen molar-refractivity contribution in [3.8, 4) is 0 Å². The molecule has 3 N–H and O–H groups in total. The largest absolute Gasteiger partial charge is 0.353 e. The molecule has 6 nitrogen and oxygen atoms in total. The summed E-state index contributed by atoms with van der Waals surface area (Å²) in [5.41, 5.74) is 5.18. The highest BCUT2D eigenvalue weighted by Gasteiger charge is 2.19. The summed E-state index contributed by atoms with van der Waals surface area (Å²) in [6.45, 7) is 5.23. The van der Waals surface area contributed by atoms with Crippen molar-refractivity contribution in [3.63, 3.8) is 0 Å². The van der Waals surface area contributed by atoms with Crippen molar-refractivity contribution in [1.82, 2.24) is 9.62 Å². The van der Waals surface area contributed by atoms with Crippen molar-refractivity contribution in [1.29, 1.82) is 0 Å². The third-order valence-electron chi connectivity index (χ3n) is 1.95. The molecule has 0 aliphatic heterocycles. The number of nitrogens with two attached hydrogens (primary N) is 1. The number of carbonyl (C=O) groups is 1. The highest BCUT2D eigenvalue weighted by atomic mass is 35.5. The number of carbonyl (C=O) groups excluding carboxylic acids is 1. The molecule has 0 heterocycles. The first-order chi connectivity index (χ1) is 7.08. The van der Waals surface area contributed by atoms with Crippen molar-refractivity contribution in [2.24, 2.45) is 5.73 Å². The second kappa shape index (κ2) is 7.15. The molecule has 0 rings (SSSR count). The van der Waals surface area contributed by atoms with E-state index in [0.717, 1.165) is 4.31 Å². The summed E-state index contributed by atoms with van der Waals surface area (Å²) in [6.07, 6.45) is 0. The van der Waals surface area contributed by atoms with Crippen LogP contribution in [0.2, 0.25) is 0 Å². The predicted molar refractivity (Wildman–Crippen MR) is 70.6 cm³/mol. The van der Waals surface area contributed by atoms with Crippen LogP contribution in [-0.2, 0) is 14.8 Å². The lowest BCUT2D eigenvalue weighted by atomic mass is 10.1. The van der Waals surface area contributed by atoms with Crippen LogP contribution in [0, 0.1) is 0 Å². The molecule has 0 unspecified atom stereocenters. The topological polar surface area (TPSA) is 92.5 Å². The first-order valence-electron chi connectivity index (χ1n) is 5.08. The van der Waals surface area contributed by atoms with E-state index < -0.39 is 15.6 Å². The standard InChI is InChI=1S/C9H21N3O3S.ClH/c1-5-16(14,15)12(4)6-8(13)11-7-9(2,3)10;/h5-7,10H2,1-4H3,(H,11,13);1H. The SMILES string of the molecule is CCS(=O)(=O)N(C)CC(=O)NCC(C)(C)N.Cl. The number of halogens is 1. The Bertz CT molecular complexity index is 338. The molecule has 17 heavy (non-hydrogen) atoms. The van der Waals surface area contributed by atoms with Gasteiger partial charge in [0.25, 0.3) is 0 Å². The highest BCUT2D eigenvalue weighted by Crippen LogP contribution is 1.97. The Morgan fingerprint density at radius 3 is 2.24 bits per heavy atom. The van der Waals surface area contributed by atoms with Crippen LogP contribution < -0.4 is 11.1 Å². The fourth-order valence-electron chi connectivity index (χ4n) is 0.903. The van der Waals surface area contributed by atoms with E-state index in [9.17, 15) is 13.2 Å². The molecule has 0 aliphatic carbocycles. The fraction of sp³-hybridized carbons (Fsp3) is 0.889. The molecular formula is C9H22ClN3O3S. The first kappa shape index (κ1) is 19.0. The molecule has 0 aromatic heterocycles. The third-order valence-corrected chi connectivity index (χ3v) is 3.76. The van der Waals surface area contributed by atoms with Gasteiger partial charge in [0.15, 0.2) is 0 Å². The number of nitrogens with zero attached hydrogens (tertiary/aromatic N) is 1. The summed E-state index contributed by atoms with van der Waals surface area (Å²) in [6, 6.07) is 0. The van der Waals surface area contributed by atoms with Gasteiger partial charge in [0.05, 0.1) is 12.3 Å². The normalized spacial score (nSPS) is 12.1. The van der Waals surface area contributed by atoms with E-state index in [-0.39, 0.29) is 30.6 Å². The molecule has 0 fully saturated rings. The van der Waals surface area contributed by atoms with Crippen molar-refractivity contribution in [2.75, 3.05) is 25.9 Å².